The SMILES string of the molecule is COc1ccc(C2(C)CC(C)(C)N(C(=O)C(F)(F)F)c3ccccc32)cc1. The average molecular weight is 377 g/mol. The molecule has 27 heavy (non-hydrogen) atoms. The van der Waals surface area contributed by atoms with Crippen LogP contribution >= 0.6 is 0 Å². The third kappa shape index (κ3) is 3.17. The van der Waals surface area contributed by atoms with Gasteiger partial charge in [0, 0.05) is 16.6 Å². The molecular weight excluding hydrogens is 355 g/mol. The van der Waals surface area contributed by atoms with Crippen molar-refractivity contribution in [2.45, 2.75) is 44.3 Å². The normalized spacial score (nSPS) is 21.5. The van der Waals surface area contributed by atoms with E-state index >= 15 is 0 Å². The fraction of sp³-hybridized carbons (Fsp3) is 0.381. The summed E-state index contributed by atoms with van der Waals surface area (Å²) in [5, 5.41) is 0. The van der Waals surface area contributed by atoms with Crippen molar-refractivity contribution in [1.82, 2.24) is 0 Å². The van der Waals surface area contributed by atoms with Crippen LogP contribution in [0.15, 0.2) is 48.5 Å². The van der Waals surface area contributed by atoms with Crippen molar-refractivity contribution in [2.24, 2.45) is 0 Å². The van der Waals surface area contributed by atoms with Gasteiger partial charge in [-0.25, -0.2) is 0 Å². The van der Waals surface area contributed by atoms with Crippen LogP contribution in [0.1, 0.15) is 38.3 Å². The van der Waals surface area contributed by atoms with E-state index < -0.39 is 23.0 Å². The Labute approximate surface area is 156 Å². The van der Waals surface area contributed by atoms with Crippen molar-refractivity contribution >= 4 is 11.6 Å². The second-order valence-corrected chi connectivity index (χ2v) is 7.71. The summed E-state index contributed by atoms with van der Waals surface area (Å²) in [6.45, 7) is 5.35. The van der Waals surface area contributed by atoms with E-state index in [1.54, 1.807) is 45.2 Å². The van der Waals surface area contributed by atoms with Crippen molar-refractivity contribution in [3.8, 4) is 5.75 Å². The number of benzene rings is 2. The highest BCUT2D eigenvalue weighted by atomic mass is 19.4. The number of carbonyl (C=O) groups is 1. The third-order valence-electron chi connectivity index (χ3n) is 5.30. The van der Waals surface area contributed by atoms with Gasteiger partial charge in [-0.2, -0.15) is 13.2 Å². The average Bonchev–Trinajstić information content (AvgIpc) is 2.60. The molecule has 1 amide bonds. The summed E-state index contributed by atoms with van der Waals surface area (Å²) in [5.41, 5.74) is 0.397. The Balaban J connectivity index is 2.20. The quantitative estimate of drug-likeness (QED) is 0.731. The van der Waals surface area contributed by atoms with Crippen molar-refractivity contribution in [3.63, 3.8) is 0 Å². The number of ether oxygens (including phenoxy) is 1. The molecule has 0 radical (unpaired) electrons. The lowest BCUT2D eigenvalue weighted by Gasteiger charge is -2.51. The molecule has 3 rings (SSSR count). The smallest absolute Gasteiger partial charge is 0.471 e. The van der Waals surface area contributed by atoms with Crippen LogP contribution in [0.3, 0.4) is 0 Å². The molecule has 6 heteroatoms. The van der Waals surface area contributed by atoms with E-state index in [1.807, 2.05) is 31.2 Å². The summed E-state index contributed by atoms with van der Waals surface area (Å²) in [4.78, 5) is 13.1. The van der Waals surface area contributed by atoms with Crippen LogP contribution in [0.2, 0.25) is 0 Å². The van der Waals surface area contributed by atoms with E-state index in [9.17, 15) is 18.0 Å². The molecule has 0 aromatic heterocycles. The zero-order chi connectivity index (χ0) is 20.0. The Morgan fingerprint density at radius 3 is 2.19 bits per heavy atom. The van der Waals surface area contributed by atoms with Crippen molar-refractivity contribution < 1.29 is 22.7 Å². The molecule has 3 nitrogen and oxygen atoms in total. The Hall–Kier alpha value is -2.50. The maximum absolute atomic E-state index is 13.3. The minimum Gasteiger partial charge on any atom is -0.497 e. The van der Waals surface area contributed by atoms with Gasteiger partial charge in [0.25, 0.3) is 0 Å². The molecule has 2 aromatic rings. The molecule has 1 heterocycles. The highest BCUT2D eigenvalue weighted by Gasteiger charge is 2.53. The second-order valence-electron chi connectivity index (χ2n) is 7.71. The van der Waals surface area contributed by atoms with Gasteiger partial charge in [-0.3, -0.25) is 9.69 Å². The zero-order valence-corrected chi connectivity index (χ0v) is 15.7. The van der Waals surface area contributed by atoms with E-state index in [0.717, 1.165) is 10.5 Å². The number of anilines is 1. The maximum Gasteiger partial charge on any atom is 0.471 e. The third-order valence-corrected chi connectivity index (χ3v) is 5.30. The van der Waals surface area contributed by atoms with E-state index in [0.29, 0.717) is 23.4 Å². The van der Waals surface area contributed by atoms with Crippen LogP contribution in [0.5, 0.6) is 5.75 Å². The van der Waals surface area contributed by atoms with Gasteiger partial charge in [-0.05, 0) is 49.6 Å². The Bertz CT molecular complexity index is 858. The molecule has 2 aromatic carbocycles. The number of rotatable bonds is 2. The monoisotopic (exact) mass is 377 g/mol. The van der Waals surface area contributed by atoms with Crippen LogP contribution in [0.4, 0.5) is 18.9 Å². The highest BCUT2D eigenvalue weighted by Crippen LogP contribution is 2.51. The number of para-hydroxylation sites is 1. The van der Waals surface area contributed by atoms with E-state index in [1.165, 1.54) is 0 Å². The zero-order valence-electron chi connectivity index (χ0n) is 15.7. The maximum atomic E-state index is 13.3. The highest BCUT2D eigenvalue weighted by molar-refractivity contribution is 6.00. The number of halogens is 3. The standard InChI is InChI=1S/C21H22F3NO2/c1-19(2)13-20(3,14-9-11-15(27-4)12-10-14)16-7-5-6-8-17(16)25(19)18(26)21(22,23)24/h5-12H,13H2,1-4H3. The van der Waals surface area contributed by atoms with E-state index in [4.69, 9.17) is 4.74 Å². The van der Waals surface area contributed by atoms with Crippen LogP contribution < -0.4 is 9.64 Å². The van der Waals surface area contributed by atoms with Gasteiger partial charge in [0.1, 0.15) is 5.75 Å². The molecule has 1 aliphatic heterocycles. The molecule has 0 fully saturated rings. The summed E-state index contributed by atoms with van der Waals surface area (Å²) in [6.07, 6.45) is -4.58. The van der Waals surface area contributed by atoms with Crippen LogP contribution in [0, 0.1) is 0 Å². The predicted molar refractivity (Wildman–Crippen MR) is 98.1 cm³/mol. The summed E-state index contributed by atoms with van der Waals surface area (Å²) in [5.74, 6) is -1.13. The molecule has 1 atom stereocenters. The number of methoxy groups -OCH3 is 1. The van der Waals surface area contributed by atoms with Gasteiger partial charge in [-0.15, -0.1) is 0 Å². The fourth-order valence-corrected chi connectivity index (χ4v) is 4.23. The van der Waals surface area contributed by atoms with Crippen molar-refractivity contribution in [2.75, 3.05) is 12.0 Å². The predicted octanol–water partition coefficient (Wildman–Crippen LogP) is 5.08. The van der Waals surface area contributed by atoms with E-state index in [-0.39, 0.29) is 0 Å². The number of carbonyl (C=O) groups excluding carboxylic acids is 1. The van der Waals surface area contributed by atoms with Gasteiger partial charge < -0.3 is 4.74 Å². The Kier molecular flexibility index (Phi) is 4.49. The lowest BCUT2D eigenvalue weighted by Crippen LogP contribution is -2.59. The Morgan fingerprint density at radius 1 is 1.04 bits per heavy atom. The topological polar surface area (TPSA) is 29.5 Å². The largest absolute Gasteiger partial charge is 0.497 e. The second kappa shape index (κ2) is 6.29. The first-order chi connectivity index (χ1) is 12.5. The number of fused-ring (bicyclic) bond motifs is 1. The molecule has 0 saturated carbocycles. The summed E-state index contributed by atoms with van der Waals surface area (Å²) in [6, 6.07) is 14.3. The molecule has 1 unspecified atom stereocenters. The first-order valence-electron chi connectivity index (χ1n) is 8.66. The van der Waals surface area contributed by atoms with Gasteiger partial charge in [0.05, 0.1) is 7.11 Å². The van der Waals surface area contributed by atoms with Crippen LogP contribution in [0.25, 0.3) is 0 Å². The Morgan fingerprint density at radius 2 is 1.63 bits per heavy atom. The minimum atomic E-state index is -4.93. The number of alkyl halides is 3. The van der Waals surface area contributed by atoms with Crippen LogP contribution in [-0.4, -0.2) is 24.7 Å². The molecule has 0 spiro atoms. The minimum absolute atomic E-state index is 0.300. The molecular formula is C21H22F3NO2. The summed E-state index contributed by atoms with van der Waals surface area (Å²) in [7, 11) is 1.58. The van der Waals surface area contributed by atoms with Crippen molar-refractivity contribution in [1.29, 1.82) is 0 Å². The van der Waals surface area contributed by atoms with Gasteiger partial charge in [0.15, 0.2) is 0 Å². The first kappa shape index (κ1) is 19.3. The van der Waals surface area contributed by atoms with Gasteiger partial charge >= 0.3 is 12.1 Å². The van der Waals surface area contributed by atoms with Gasteiger partial charge in [0.2, 0.25) is 0 Å². The van der Waals surface area contributed by atoms with Crippen molar-refractivity contribution in [3.05, 3.63) is 59.7 Å². The van der Waals surface area contributed by atoms with Crippen LogP contribution in [-0.2, 0) is 10.2 Å². The summed E-state index contributed by atoms with van der Waals surface area (Å²) < 4.78 is 45.0. The van der Waals surface area contributed by atoms with Gasteiger partial charge in [-0.1, -0.05) is 37.3 Å². The molecule has 1 aliphatic rings. The van der Waals surface area contributed by atoms with E-state index in [2.05, 4.69) is 0 Å². The summed E-state index contributed by atoms with van der Waals surface area (Å²) >= 11 is 0. The number of hydrogen-bond donors (Lipinski definition) is 0. The number of hydrogen-bond acceptors (Lipinski definition) is 2. The molecule has 0 bridgehead atoms. The lowest BCUT2D eigenvalue weighted by atomic mass is 9.65. The lowest BCUT2D eigenvalue weighted by molar-refractivity contribution is -0.172. The molecule has 0 saturated heterocycles. The number of amides is 1. The fourth-order valence-electron chi connectivity index (χ4n) is 4.23. The molecule has 144 valence electrons. The molecule has 0 aliphatic carbocycles. The molecule has 0 N–H and O–H groups in total. The number of nitrogens with zero attached hydrogens (tertiary/aromatic N) is 1. The first-order valence-corrected chi connectivity index (χ1v) is 8.66.